The molecule has 142 valence electrons. The van der Waals surface area contributed by atoms with Crippen molar-refractivity contribution >= 4 is 29.1 Å². The van der Waals surface area contributed by atoms with Gasteiger partial charge in [0.1, 0.15) is 6.26 Å². The lowest BCUT2D eigenvalue weighted by molar-refractivity contribution is 0.0932. The van der Waals surface area contributed by atoms with Gasteiger partial charge in [-0.05, 0) is 31.5 Å². The number of nitrogens with zero attached hydrogens (tertiary/aromatic N) is 2. The van der Waals surface area contributed by atoms with E-state index in [1.807, 2.05) is 12.1 Å². The zero-order chi connectivity index (χ0) is 19.1. The number of methoxy groups -OCH3 is 1. The molecule has 0 aliphatic carbocycles. The maximum absolute atomic E-state index is 12.0. The van der Waals surface area contributed by atoms with Crippen molar-refractivity contribution in [2.75, 3.05) is 20.3 Å². The van der Waals surface area contributed by atoms with Gasteiger partial charge in [0.05, 0.1) is 23.2 Å². The molecule has 0 radical (unpaired) electrons. The number of nitrogens with one attached hydrogen (secondary N) is 1. The number of hydrogen-bond donors (Lipinski definition) is 1. The number of aromatic nitrogens is 1. The Kier molecular flexibility index (Phi) is 7.90. The highest BCUT2D eigenvalue weighted by molar-refractivity contribution is 6.42. The Bertz CT molecular complexity index is 734. The summed E-state index contributed by atoms with van der Waals surface area (Å²) in [6.45, 7) is 6.17. The van der Waals surface area contributed by atoms with Crippen molar-refractivity contribution in [1.29, 1.82) is 0 Å². The van der Waals surface area contributed by atoms with E-state index in [4.69, 9.17) is 32.4 Å². The van der Waals surface area contributed by atoms with Gasteiger partial charge in [-0.2, -0.15) is 0 Å². The quantitative estimate of drug-likeness (QED) is 0.649. The van der Waals surface area contributed by atoms with Gasteiger partial charge in [-0.25, -0.2) is 4.98 Å². The standard InChI is InChI=1S/C18H23Cl2N3O3/c1-12(2)23(9-13-4-5-14(19)15(20)8-13)10-17-22-16(11-26-17)18(24)21-6-7-25-3/h4-5,8,11-12H,6-7,9-10H2,1-3H3,(H,21,24). The van der Waals surface area contributed by atoms with Gasteiger partial charge in [0, 0.05) is 26.2 Å². The summed E-state index contributed by atoms with van der Waals surface area (Å²) in [5.74, 6) is 0.202. The zero-order valence-electron chi connectivity index (χ0n) is 15.1. The first-order chi connectivity index (χ1) is 12.4. The number of halogens is 2. The van der Waals surface area contributed by atoms with E-state index in [1.54, 1.807) is 13.2 Å². The lowest BCUT2D eigenvalue weighted by atomic mass is 10.2. The van der Waals surface area contributed by atoms with Gasteiger partial charge >= 0.3 is 0 Å². The molecular weight excluding hydrogens is 377 g/mol. The second-order valence-electron chi connectivity index (χ2n) is 6.12. The summed E-state index contributed by atoms with van der Waals surface area (Å²) >= 11 is 12.1. The summed E-state index contributed by atoms with van der Waals surface area (Å²) in [6.07, 6.45) is 1.37. The SMILES string of the molecule is COCCNC(=O)c1coc(CN(Cc2ccc(Cl)c(Cl)c2)C(C)C)n1. The summed E-state index contributed by atoms with van der Waals surface area (Å²) in [6, 6.07) is 5.82. The molecule has 0 saturated carbocycles. The molecule has 2 rings (SSSR count). The molecule has 26 heavy (non-hydrogen) atoms. The lowest BCUT2D eigenvalue weighted by Crippen LogP contribution is -2.30. The topological polar surface area (TPSA) is 67.6 Å². The van der Waals surface area contributed by atoms with Gasteiger partial charge in [-0.1, -0.05) is 29.3 Å². The van der Waals surface area contributed by atoms with Crippen molar-refractivity contribution in [3.63, 3.8) is 0 Å². The number of hydrogen-bond acceptors (Lipinski definition) is 5. The van der Waals surface area contributed by atoms with Crippen LogP contribution in [0.4, 0.5) is 0 Å². The first-order valence-electron chi connectivity index (χ1n) is 8.30. The van der Waals surface area contributed by atoms with Crippen molar-refractivity contribution in [3.05, 3.63) is 51.7 Å². The minimum atomic E-state index is -0.280. The van der Waals surface area contributed by atoms with Crippen LogP contribution in [0, 0.1) is 0 Å². The Labute approximate surface area is 163 Å². The van der Waals surface area contributed by atoms with Crippen molar-refractivity contribution in [2.45, 2.75) is 33.0 Å². The molecule has 0 aliphatic rings. The van der Waals surface area contributed by atoms with Crippen molar-refractivity contribution in [1.82, 2.24) is 15.2 Å². The maximum atomic E-state index is 12.0. The molecule has 1 amide bonds. The van der Waals surface area contributed by atoms with E-state index in [-0.39, 0.29) is 17.6 Å². The Morgan fingerprint density at radius 3 is 2.73 bits per heavy atom. The predicted octanol–water partition coefficient (Wildman–Crippen LogP) is 3.77. The van der Waals surface area contributed by atoms with E-state index in [1.165, 1.54) is 6.26 Å². The Hall–Kier alpha value is -1.60. The number of rotatable bonds is 9. The largest absolute Gasteiger partial charge is 0.447 e. The fourth-order valence-electron chi connectivity index (χ4n) is 2.31. The number of benzene rings is 1. The lowest BCUT2D eigenvalue weighted by Gasteiger charge is -2.25. The maximum Gasteiger partial charge on any atom is 0.273 e. The van der Waals surface area contributed by atoms with Crippen LogP contribution >= 0.6 is 23.2 Å². The van der Waals surface area contributed by atoms with Gasteiger partial charge in [-0.3, -0.25) is 9.69 Å². The van der Waals surface area contributed by atoms with E-state index in [0.717, 1.165) is 5.56 Å². The molecule has 0 aliphatic heterocycles. The first-order valence-corrected chi connectivity index (χ1v) is 9.05. The van der Waals surface area contributed by atoms with Crippen LogP contribution in [0.15, 0.2) is 28.9 Å². The summed E-state index contributed by atoms with van der Waals surface area (Å²) in [5.41, 5.74) is 1.30. The first kappa shape index (κ1) is 20.7. The Morgan fingerprint density at radius 1 is 1.31 bits per heavy atom. The predicted molar refractivity (Wildman–Crippen MR) is 102 cm³/mol. The van der Waals surface area contributed by atoms with Crippen LogP contribution < -0.4 is 5.32 Å². The van der Waals surface area contributed by atoms with Crippen LogP contribution in [-0.4, -0.2) is 42.1 Å². The number of amides is 1. The minimum absolute atomic E-state index is 0.246. The van der Waals surface area contributed by atoms with Crippen molar-refractivity contribution in [2.24, 2.45) is 0 Å². The van der Waals surface area contributed by atoms with Crippen LogP contribution in [0.5, 0.6) is 0 Å². The molecule has 1 heterocycles. The highest BCUT2D eigenvalue weighted by atomic mass is 35.5. The third-order valence-corrected chi connectivity index (χ3v) is 4.55. The van der Waals surface area contributed by atoms with E-state index >= 15 is 0 Å². The fraction of sp³-hybridized carbons (Fsp3) is 0.444. The van der Waals surface area contributed by atoms with Crippen LogP contribution in [0.3, 0.4) is 0 Å². The summed E-state index contributed by atoms with van der Waals surface area (Å²) < 4.78 is 10.4. The third kappa shape index (κ3) is 5.99. The molecule has 0 unspecified atom stereocenters. The number of carbonyl (C=O) groups excluding carboxylic acids is 1. The second-order valence-corrected chi connectivity index (χ2v) is 6.94. The minimum Gasteiger partial charge on any atom is -0.447 e. The van der Waals surface area contributed by atoms with Crippen LogP contribution in [-0.2, 0) is 17.8 Å². The van der Waals surface area contributed by atoms with Gasteiger partial charge < -0.3 is 14.5 Å². The van der Waals surface area contributed by atoms with E-state index in [0.29, 0.717) is 42.2 Å². The third-order valence-electron chi connectivity index (χ3n) is 3.81. The Balaban J connectivity index is 2.01. The van der Waals surface area contributed by atoms with Gasteiger partial charge in [0.25, 0.3) is 5.91 Å². The van der Waals surface area contributed by atoms with Gasteiger partial charge in [-0.15, -0.1) is 0 Å². The highest BCUT2D eigenvalue weighted by Gasteiger charge is 2.17. The molecule has 6 nitrogen and oxygen atoms in total. The van der Waals surface area contributed by atoms with Crippen molar-refractivity contribution in [3.8, 4) is 0 Å². The van der Waals surface area contributed by atoms with Gasteiger partial charge in [0.15, 0.2) is 5.69 Å². The fourth-order valence-corrected chi connectivity index (χ4v) is 2.63. The number of ether oxygens (including phenoxy) is 1. The smallest absolute Gasteiger partial charge is 0.273 e. The second kappa shape index (κ2) is 9.92. The van der Waals surface area contributed by atoms with Crippen LogP contribution in [0.2, 0.25) is 10.0 Å². The molecule has 0 saturated heterocycles. The average Bonchev–Trinajstić information content (AvgIpc) is 3.06. The molecule has 0 bridgehead atoms. The molecule has 1 aromatic carbocycles. The molecule has 0 fully saturated rings. The summed E-state index contributed by atoms with van der Waals surface area (Å²) in [4.78, 5) is 18.4. The van der Waals surface area contributed by atoms with Crippen molar-refractivity contribution < 1.29 is 13.9 Å². The number of carbonyl (C=O) groups is 1. The molecule has 1 aromatic heterocycles. The van der Waals surface area contributed by atoms with E-state index < -0.39 is 0 Å². The summed E-state index contributed by atoms with van der Waals surface area (Å²) in [5, 5.41) is 3.77. The summed E-state index contributed by atoms with van der Waals surface area (Å²) in [7, 11) is 1.58. The molecular formula is C18H23Cl2N3O3. The molecule has 0 spiro atoms. The monoisotopic (exact) mass is 399 g/mol. The van der Waals surface area contributed by atoms with E-state index in [9.17, 15) is 4.79 Å². The number of oxazole rings is 1. The van der Waals surface area contributed by atoms with Crippen LogP contribution in [0.1, 0.15) is 35.8 Å². The molecule has 0 atom stereocenters. The van der Waals surface area contributed by atoms with E-state index in [2.05, 4.69) is 29.0 Å². The molecule has 1 N–H and O–H groups in total. The Morgan fingerprint density at radius 2 is 2.08 bits per heavy atom. The molecule has 2 aromatic rings. The normalized spacial score (nSPS) is 11.3. The highest BCUT2D eigenvalue weighted by Crippen LogP contribution is 2.24. The average molecular weight is 400 g/mol. The van der Waals surface area contributed by atoms with Crippen LogP contribution in [0.25, 0.3) is 0 Å². The zero-order valence-corrected chi connectivity index (χ0v) is 16.6. The van der Waals surface area contributed by atoms with Gasteiger partial charge in [0.2, 0.25) is 5.89 Å². The molecule has 8 heteroatoms.